The fourth-order valence-corrected chi connectivity index (χ4v) is 4.72. The lowest BCUT2D eigenvalue weighted by Gasteiger charge is -2.27. The third-order valence-corrected chi connectivity index (χ3v) is 5.98. The summed E-state index contributed by atoms with van der Waals surface area (Å²) in [4.78, 5) is 19.3. The Labute approximate surface area is 184 Å². The van der Waals surface area contributed by atoms with Gasteiger partial charge in [-0.15, -0.1) is 24.8 Å². The Hall–Kier alpha value is -1.82. The van der Waals surface area contributed by atoms with E-state index >= 15 is 0 Å². The molecule has 0 spiro atoms. The average molecular weight is 440 g/mol. The van der Waals surface area contributed by atoms with Crippen molar-refractivity contribution in [2.45, 2.75) is 6.04 Å². The normalized spacial score (nSPS) is 23.2. The monoisotopic (exact) mass is 439 g/mol. The standard InChI is InChI=1S/C22H26FN3O.2ClH/c1-24(2)19-9-5-7-16(11-19)22(27)26-13-17-12-25(3)21(20(17)14-26)15-6-4-8-18(23)10-15;;/h4-11,17,20-21H,12-14H2,1-3H3;2*1H/t17-,20+,21-;;/m0../s1. The van der Waals surface area contributed by atoms with Crippen LogP contribution in [0.2, 0.25) is 0 Å². The molecule has 0 unspecified atom stereocenters. The number of benzene rings is 2. The van der Waals surface area contributed by atoms with Gasteiger partial charge >= 0.3 is 0 Å². The van der Waals surface area contributed by atoms with Crippen molar-refractivity contribution in [3.05, 3.63) is 65.5 Å². The maximum Gasteiger partial charge on any atom is 0.253 e. The number of carbonyl (C=O) groups excluding carboxylic acids is 1. The molecular formula is C22H28Cl2FN3O. The highest BCUT2D eigenvalue weighted by molar-refractivity contribution is 5.95. The number of likely N-dealkylation sites (tertiary alicyclic amines) is 2. The lowest BCUT2D eigenvalue weighted by atomic mass is 9.89. The summed E-state index contributed by atoms with van der Waals surface area (Å²) in [6.07, 6.45) is 0. The second-order valence-electron chi connectivity index (χ2n) is 8.02. The second kappa shape index (κ2) is 9.33. The van der Waals surface area contributed by atoms with Crippen molar-refractivity contribution >= 4 is 36.4 Å². The Morgan fingerprint density at radius 3 is 2.45 bits per heavy atom. The molecule has 0 saturated carbocycles. The van der Waals surface area contributed by atoms with Gasteiger partial charge in [-0.25, -0.2) is 4.39 Å². The van der Waals surface area contributed by atoms with E-state index in [-0.39, 0.29) is 42.6 Å². The molecule has 29 heavy (non-hydrogen) atoms. The van der Waals surface area contributed by atoms with E-state index in [1.54, 1.807) is 12.1 Å². The van der Waals surface area contributed by atoms with Gasteiger partial charge in [0.15, 0.2) is 0 Å². The van der Waals surface area contributed by atoms with E-state index < -0.39 is 0 Å². The van der Waals surface area contributed by atoms with Crippen molar-refractivity contribution in [2.75, 3.05) is 45.7 Å². The molecule has 2 fully saturated rings. The van der Waals surface area contributed by atoms with Crippen LogP contribution in [0.4, 0.5) is 10.1 Å². The van der Waals surface area contributed by atoms with Crippen molar-refractivity contribution in [3.8, 4) is 0 Å². The molecular weight excluding hydrogens is 412 g/mol. The first-order chi connectivity index (χ1) is 12.9. The number of anilines is 1. The highest BCUT2D eigenvalue weighted by Gasteiger charge is 2.47. The molecule has 2 saturated heterocycles. The van der Waals surface area contributed by atoms with Crippen molar-refractivity contribution in [1.29, 1.82) is 0 Å². The van der Waals surface area contributed by atoms with Crippen molar-refractivity contribution in [2.24, 2.45) is 11.8 Å². The zero-order valence-corrected chi connectivity index (χ0v) is 18.5. The molecule has 2 heterocycles. The Bertz CT molecular complexity index is 863. The second-order valence-corrected chi connectivity index (χ2v) is 8.02. The molecule has 0 bridgehead atoms. The molecule has 0 aromatic heterocycles. The predicted molar refractivity (Wildman–Crippen MR) is 120 cm³/mol. The van der Waals surface area contributed by atoms with Crippen LogP contribution in [0.25, 0.3) is 0 Å². The summed E-state index contributed by atoms with van der Waals surface area (Å²) >= 11 is 0. The molecule has 0 N–H and O–H groups in total. The van der Waals surface area contributed by atoms with Gasteiger partial charge in [-0.05, 0) is 48.9 Å². The molecule has 4 nitrogen and oxygen atoms in total. The van der Waals surface area contributed by atoms with Crippen molar-refractivity contribution in [1.82, 2.24) is 9.80 Å². The Morgan fingerprint density at radius 1 is 1.03 bits per heavy atom. The van der Waals surface area contributed by atoms with E-state index in [9.17, 15) is 9.18 Å². The summed E-state index contributed by atoms with van der Waals surface area (Å²) in [5.74, 6) is 0.673. The van der Waals surface area contributed by atoms with Gasteiger partial charge in [-0.1, -0.05) is 18.2 Å². The Morgan fingerprint density at radius 2 is 1.76 bits per heavy atom. The van der Waals surface area contributed by atoms with Gasteiger partial charge in [-0.3, -0.25) is 9.69 Å². The van der Waals surface area contributed by atoms with Crippen LogP contribution in [0, 0.1) is 17.7 Å². The van der Waals surface area contributed by atoms with Crippen LogP contribution in [0.15, 0.2) is 48.5 Å². The van der Waals surface area contributed by atoms with Crippen molar-refractivity contribution < 1.29 is 9.18 Å². The maximum absolute atomic E-state index is 13.7. The lowest BCUT2D eigenvalue weighted by molar-refractivity contribution is 0.0768. The zero-order chi connectivity index (χ0) is 19.1. The molecule has 2 aromatic rings. The van der Waals surface area contributed by atoms with Crippen LogP contribution in [0.3, 0.4) is 0 Å². The number of fused-ring (bicyclic) bond motifs is 1. The van der Waals surface area contributed by atoms with Gasteiger partial charge in [0.05, 0.1) is 0 Å². The maximum atomic E-state index is 13.7. The van der Waals surface area contributed by atoms with Gasteiger partial charge in [-0.2, -0.15) is 0 Å². The van der Waals surface area contributed by atoms with Crippen LogP contribution in [-0.4, -0.2) is 56.5 Å². The predicted octanol–water partition coefficient (Wildman–Crippen LogP) is 4.11. The van der Waals surface area contributed by atoms with E-state index in [1.165, 1.54) is 6.07 Å². The molecule has 3 atom stereocenters. The first kappa shape index (κ1) is 23.5. The topological polar surface area (TPSA) is 26.8 Å². The number of hydrogen-bond acceptors (Lipinski definition) is 3. The van der Waals surface area contributed by atoms with E-state index in [0.717, 1.165) is 36.4 Å². The quantitative estimate of drug-likeness (QED) is 0.719. The summed E-state index contributed by atoms with van der Waals surface area (Å²) < 4.78 is 13.7. The number of hydrogen-bond donors (Lipinski definition) is 0. The van der Waals surface area contributed by atoms with Crippen LogP contribution in [-0.2, 0) is 0 Å². The molecule has 1 amide bonds. The number of halogens is 3. The molecule has 2 aliphatic rings. The van der Waals surface area contributed by atoms with Gasteiger partial charge in [0.2, 0.25) is 0 Å². The SMILES string of the molecule is CN(C)c1cccc(C(=O)N2C[C@@H]3CN(C)[C@@H](c4cccc(F)c4)[C@@H]3C2)c1.Cl.Cl. The summed E-state index contributed by atoms with van der Waals surface area (Å²) in [6, 6.07) is 14.8. The minimum Gasteiger partial charge on any atom is -0.378 e. The van der Waals surface area contributed by atoms with E-state index in [4.69, 9.17) is 0 Å². The summed E-state index contributed by atoms with van der Waals surface area (Å²) in [5.41, 5.74) is 2.77. The minimum absolute atomic E-state index is 0. The summed E-state index contributed by atoms with van der Waals surface area (Å²) in [6.45, 7) is 2.43. The molecule has 2 aromatic carbocycles. The summed E-state index contributed by atoms with van der Waals surface area (Å²) in [5, 5.41) is 0. The third kappa shape index (κ3) is 4.52. The van der Waals surface area contributed by atoms with Crippen LogP contribution in [0.1, 0.15) is 22.0 Å². The average Bonchev–Trinajstić information content (AvgIpc) is 3.17. The highest BCUT2D eigenvalue weighted by Crippen LogP contribution is 2.44. The highest BCUT2D eigenvalue weighted by atomic mass is 35.5. The molecule has 7 heteroatoms. The van der Waals surface area contributed by atoms with E-state index in [1.807, 2.05) is 54.2 Å². The third-order valence-electron chi connectivity index (χ3n) is 5.98. The lowest BCUT2D eigenvalue weighted by Crippen LogP contribution is -2.33. The number of nitrogens with zero attached hydrogens (tertiary/aromatic N) is 3. The Balaban J connectivity index is 0.00000150. The number of amides is 1. The molecule has 4 rings (SSSR count). The largest absolute Gasteiger partial charge is 0.378 e. The first-order valence-electron chi connectivity index (χ1n) is 9.46. The molecule has 158 valence electrons. The summed E-state index contributed by atoms with van der Waals surface area (Å²) in [7, 11) is 6.05. The number of rotatable bonds is 3. The van der Waals surface area contributed by atoms with Crippen LogP contribution < -0.4 is 4.90 Å². The minimum atomic E-state index is -0.198. The van der Waals surface area contributed by atoms with E-state index in [2.05, 4.69) is 11.9 Å². The fourth-order valence-electron chi connectivity index (χ4n) is 4.72. The van der Waals surface area contributed by atoms with Crippen LogP contribution in [0.5, 0.6) is 0 Å². The van der Waals surface area contributed by atoms with Gasteiger partial charge in [0.25, 0.3) is 5.91 Å². The number of carbonyl (C=O) groups is 1. The van der Waals surface area contributed by atoms with Gasteiger partial charge in [0.1, 0.15) is 5.82 Å². The molecule has 2 aliphatic heterocycles. The fraction of sp³-hybridized carbons (Fsp3) is 0.409. The van der Waals surface area contributed by atoms with Crippen LogP contribution >= 0.6 is 24.8 Å². The molecule has 0 aliphatic carbocycles. The Kier molecular flexibility index (Phi) is 7.55. The molecule has 0 radical (unpaired) electrons. The van der Waals surface area contributed by atoms with Gasteiger partial charge in [0, 0.05) is 56.9 Å². The van der Waals surface area contributed by atoms with Gasteiger partial charge < -0.3 is 9.80 Å². The van der Waals surface area contributed by atoms with Crippen molar-refractivity contribution in [3.63, 3.8) is 0 Å². The smallest absolute Gasteiger partial charge is 0.253 e. The van der Waals surface area contributed by atoms with E-state index in [0.29, 0.717) is 11.8 Å². The first-order valence-corrected chi connectivity index (χ1v) is 9.46. The zero-order valence-electron chi connectivity index (χ0n) is 16.9.